The monoisotopic (exact) mass is 273 g/mol. The number of nitriles is 1. The van der Waals surface area contributed by atoms with Gasteiger partial charge in [0.15, 0.2) is 0 Å². The maximum atomic E-state index is 8.82. The zero-order valence-corrected chi connectivity index (χ0v) is 11.7. The van der Waals surface area contributed by atoms with Crippen LogP contribution in [-0.2, 0) is 6.54 Å². The predicted octanol–water partition coefficient (Wildman–Crippen LogP) is 4.27. The lowest BCUT2D eigenvalue weighted by molar-refractivity contribution is 0.553. The molecule has 1 aromatic heterocycles. The molecule has 0 saturated carbocycles. The summed E-state index contributed by atoms with van der Waals surface area (Å²) in [6.07, 6.45) is 7.38. The average Bonchev–Trinajstić information content (AvgIpc) is 2.87. The molecule has 0 unspecified atom stereocenters. The Morgan fingerprint density at radius 2 is 2.21 bits per heavy atom. The Kier molecular flexibility index (Phi) is 4.59. The molecule has 0 amide bonds. The van der Waals surface area contributed by atoms with Crippen LogP contribution in [0.2, 0.25) is 5.02 Å². The molecule has 3 nitrogen and oxygen atoms in total. The Balaban J connectivity index is 2.16. The third-order valence-corrected chi connectivity index (χ3v) is 3.35. The van der Waals surface area contributed by atoms with E-state index in [1.165, 1.54) is 12.8 Å². The molecule has 0 saturated heterocycles. The van der Waals surface area contributed by atoms with E-state index in [2.05, 4.69) is 18.1 Å². The van der Waals surface area contributed by atoms with Crippen LogP contribution >= 0.6 is 11.6 Å². The van der Waals surface area contributed by atoms with Crippen LogP contribution in [0.1, 0.15) is 31.7 Å². The molecule has 0 aliphatic heterocycles. The molecular formula is C15H16ClN3. The van der Waals surface area contributed by atoms with Crippen molar-refractivity contribution >= 4 is 11.6 Å². The summed E-state index contributed by atoms with van der Waals surface area (Å²) in [5.41, 5.74) is 2.48. The summed E-state index contributed by atoms with van der Waals surface area (Å²) in [6.45, 7) is 3.12. The second-order valence-corrected chi connectivity index (χ2v) is 4.91. The quantitative estimate of drug-likeness (QED) is 0.764. The van der Waals surface area contributed by atoms with Gasteiger partial charge in [-0.15, -0.1) is 0 Å². The number of unbranched alkanes of at least 4 members (excludes halogenated alkanes) is 2. The molecule has 0 fully saturated rings. The van der Waals surface area contributed by atoms with Crippen LogP contribution in [0.4, 0.5) is 0 Å². The minimum absolute atomic E-state index is 0.573. The van der Waals surface area contributed by atoms with Gasteiger partial charge in [-0.25, -0.2) is 0 Å². The van der Waals surface area contributed by atoms with Crippen molar-refractivity contribution in [1.29, 1.82) is 5.26 Å². The lowest BCUT2D eigenvalue weighted by Gasteiger charge is -2.02. The third kappa shape index (κ3) is 3.36. The highest BCUT2D eigenvalue weighted by molar-refractivity contribution is 6.33. The lowest BCUT2D eigenvalue weighted by atomic mass is 10.1. The highest BCUT2D eigenvalue weighted by atomic mass is 35.5. The molecule has 0 radical (unpaired) electrons. The summed E-state index contributed by atoms with van der Waals surface area (Å²) in [5.74, 6) is 0. The van der Waals surface area contributed by atoms with Crippen molar-refractivity contribution < 1.29 is 0 Å². The number of rotatable bonds is 5. The summed E-state index contributed by atoms with van der Waals surface area (Å²) in [5, 5.41) is 13.8. The maximum absolute atomic E-state index is 8.82. The van der Waals surface area contributed by atoms with Gasteiger partial charge in [0.1, 0.15) is 0 Å². The Bertz CT molecular complexity index is 596. The average molecular weight is 274 g/mol. The molecule has 0 aliphatic carbocycles. The van der Waals surface area contributed by atoms with Gasteiger partial charge in [0.25, 0.3) is 0 Å². The molecule has 0 N–H and O–H groups in total. The van der Waals surface area contributed by atoms with Crippen molar-refractivity contribution in [3.63, 3.8) is 0 Å². The second-order valence-electron chi connectivity index (χ2n) is 4.51. The van der Waals surface area contributed by atoms with E-state index in [1.54, 1.807) is 12.1 Å². The van der Waals surface area contributed by atoms with Gasteiger partial charge in [-0.3, -0.25) is 4.68 Å². The van der Waals surface area contributed by atoms with Gasteiger partial charge in [-0.05, 0) is 18.6 Å². The van der Waals surface area contributed by atoms with Crippen molar-refractivity contribution in [2.45, 2.75) is 32.7 Å². The van der Waals surface area contributed by atoms with E-state index in [4.69, 9.17) is 16.9 Å². The second kappa shape index (κ2) is 6.40. The molecule has 4 heteroatoms. The van der Waals surface area contributed by atoms with Crippen molar-refractivity contribution in [3.8, 4) is 17.2 Å². The van der Waals surface area contributed by atoms with Gasteiger partial charge in [-0.2, -0.15) is 10.4 Å². The zero-order valence-electron chi connectivity index (χ0n) is 10.9. The fraction of sp³-hybridized carbons (Fsp3) is 0.333. The molecule has 1 heterocycles. The van der Waals surface area contributed by atoms with E-state index >= 15 is 0 Å². The van der Waals surface area contributed by atoms with Crippen LogP contribution in [0.15, 0.2) is 30.6 Å². The number of aryl methyl sites for hydroxylation is 1. The molecule has 0 bridgehead atoms. The molecular weight excluding hydrogens is 258 g/mol. The van der Waals surface area contributed by atoms with Gasteiger partial charge in [0.2, 0.25) is 0 Å². The molecule has 0 aliphatic rings. The number of hydrogen-bond acceptors (Lipinski definition) is 2. The van der Waals surface area contributed by atoms with Gasteiger partial charge in [0.05, 0.1) is 17.8 Å². The zero-order chi connectivity index (χ0) is 13.7. The van der Waals surface area contributed by atoms with Gasteiger partial charge >= 0.3 is 0 Å². The number of nitrogens with zero attached hydrogens (tertiary/aromatic N) is 3. The van der Waals surface area contributed by atoms with Crippen molar-refractivity contribution in [2.75, 3.05) is 0 Å². The molecule has 0 atom stereocenters. The van der Waals surface area contributed by atoms with E-state index in [0.717, 1.165) is 24.1 Å². The topological polar surface area (TPSA) is 41.6 Å². The summed E-state index contributed by atoms with van der Waals surface area (Å²) in [7, 11) is 0. The molecule has 2 rings (SSSR count). The van der Waals surface area contributed by atoms with Crippen molar-refractivity contribution in [1.82, 2.24) is 9.78 Å². The molecule has 0 spiro atoms. The number of hydrogen-bond donors (Lipinski definition) is 0. The number of halogens is 1. The van der Waals surface area contributed by atoms with Gasteiger partial charge < -0.3 is 0 Å². The minimum atomic E-state index is 0.573. The first kappa shape index (κ1) is 13.6. The fourth-order valence-corrected chi connectivity index (χ4v) is 2.26. The number of benzene rings is 1. The molecule has 19 heavy (non-hydrogen) atoms. The Morgan fingerprint density at radius 1 is 1.37 bits per heavy atom. The summed E-state index contributed by atoms with van der Waals surface area (Å²) >= 11 is 6.19. The third-order valence-electron chi connectivity index (χ3n) is 3.03. The highest BCUT2D eigenvalue weighted by Crippen LogP contribution is 2.28. The summed E-state index contributed by atoms with van der Waals surface area (Å²) in [6, 6.07) is 7.41. The minimum Gasteiger partial charge on any atom is -0.272 e. The fourth-order valence-electron chi connectivity index (χ4n) is 1.97. The van der Waals surface area contributed by atoms with E-state index in [1.807, 2.05) is 23.1 Å². The van der Waals surface area contributed by atoms with Gasteiger partial charge in [-0.1, -0.05) is 37.4 Å². The largest absolute Gasteiger partial charge is 0.272 e. The van der Waals surface area contributed by atoms with E-state index in [0.29, 0.717) is 10.6 Å². The van der Waals surface area contributed by atoms with E-state index < -0.39 is 0 Å². The van der Waals surface area contributed by atoms with Crippen LogP contribution in [-0.4, -0.2) is 9.78 Å². The predicted molar refractivity (Wildman–Crippen MR) is 76.9 cm³/mol. The standard InChI is InChI=1S/C15H16ClN3/c1-2-3-4-7-19-11-13(10-18-19)14-6-5-12(9-17)8-15(14)16/h5-6,8,10-11H,2-4,7H2,1H3. The molecule has 98 valence electrons. The lowest BCUT2D eigenvalue weighted by Crippen LogP contribution is -1.97. The normalized spacial score (nSPS) is 10.4. The smallest absolute Gasteiger partial charge is 0.0992 e. The Labute approximate surface area is 118 Å². The number of aromatic nitrogens is 2. The van der Waals surface area contributed by atoms with Crippen molar-refractivity contribution in [2.24, 2.45) is 0 Å². The van der Waals surface area contributed by atoms with Crippen LogP contribution in [0, 0.1) is 11.3 Å². The summed E-state index contributed by atoms with van der Waals surface area (Å²) in [4.78, 5) is 0. The van der Waals surface area contributed by atoms with Crippen LogP contribution in [0.3, 0.4) is 0 Å². The van der Waals surface area contributed by atoms with Crippen LogP contribution in [0.25, 0.3) is 11.1 Å². The van der Waals surface area contributed by atoms with E-state index in [-0.39, 0.29) is 0 Å². The first-order valence-corrected chi connectivity index (χ1v) is 6.85. The highest BCUT2D eigenvalue weighted by Gasteiger charge is 2.07. The molecule has 1 aromatic carbocycles. The first-order valence-electron chi connectivity index (χ1n) is 6.47. The van der Waals surface area contributed by atoms with Crippen LogP contribution < -0.4 is 0 Å². The molecule has 2 aromatic rings. The first-order chi connectivity index (χ1) is 9.24. The Morgan fingerprint density at radius 3 is 2.89 bits per heavy atom. The van der Waals surface area contributed by atoms with Gasteiger partial charge in [0, 0.05) is 28.9 Å². The Hall–Kier alpha value is -1.79. The van der Waals surface area contributed by atoms with E-state index in [9.17, 15) is 0 Å². The maximum Gasteiger partial charge on any atom is 0.0992 e. The summed E-state index contributed by atoms with van der Waals surface area (Å²) < 4.78 is 1.94. The van der Waals surface area contributed by atoms with Crippen LogP contribution in [0.5, 0.6) is 0 Å². The SMILES string of the molecule is CCCCCn1cc(-c2ccc(C#N)cc2Cl)cn1. The van der Waals surface area contributed by atoms with Crippen molar-refractivity contribution in [3.05, 3.63) is 41.2 Å².